The van der Waals surface area contributed by atoms with Crippen LogP contribution in [0.5, 0.6) is 0 Å². The Hall–Kier alpha value is -0.380. The SMILES string of the molecule is CCNCc1cc(Cl)ccc1N1CCSC(C)(C)CC1. The molecule has 1 saturated heterocycles. The van der Waals surface area contributed by atoms with Crippen molar-refractivity contribution in [2.45, 2.75) is 38.5 Å². The maximum atomic E-state index is 6.16. The van der Waals surface area contributed by atoms with Gasteiger partial charge in [-0.1, -0.05) is 32.4 Å². The van der Waals surface area contributed by atoms with Crippen LogP contribution in [0.25, 0.3) is 0 Å². The molecule has 0 aliphatic carbocycles. The highest BCUT2D eigenvalue weighted by molar-refractivity contribution is 8.00. The monoisotopic (exact) mass is 312 g/mol. The Morgan fingerprint density at radius 1 is 1.35 bits per heavy atom. The number of anilines is 1. The average molecular weight is 313 g/mol. The molecule has 4 heteroatoms. The minimum Gasteiger partial charge on any atom is -0.370 e. The normalized spacial score (nSPS) is 18.9. The molecule has 0 aromatic heterocycles. The maximum Gasteiger partial charge on any atom is 0.0413 e. The van der Waals surface area contributed by atoms with E-state index in [0.29, 0.717) is 4.75 Å². The van der Waals surface area contributed by atoms with Gasteiger partial charge in [0.1, 0.15) is 0 Å². The first-order chi connectivity index (χ1) is 9.52. The van der Waals surface area contributed by atoms with Gasteiger partial charge in [0.05, 0.1) is 0 Å². The topological polar surface area (TPSA) is 15.3 Å². The molecule has 20 heavy (non-hydrogen) atoms. The highest BCUT2D eigenvalue weighted by Gasteiger charge is 2.24. The van der Waals surface area contributed by atoms with E-state index in [4.69, 9.17) is 11.6 Å². The molecule has 1 aliphatic heterocycles. The predicted octanol–water partition coefficient (Wildman–Crippen LogP) is 4.17. The molecular weight excluding hydrogens is 288 g/mol. The Balaban J connectivity index is 2.18. The van der Waals surface area contributed by atoms with E-state index in [0.717, 1.165) is 31.2 Å². The Bertz CT molecular complexity index is 448. The zero-order chi connectivity index (χ0) is 14.6. The smallest absolute Gasteiger partial charge is 0.0413 e. The molecule has 1 aromatic rings. The highest BCUT2D eigenvalue weighted by Crippen LogP contribution is 2.33. The van der Waals surface area contributed by atoms with Crippen LogP contribution < -0.4 is 10.2 Å². The van der Waals surface area contributed by atoms with Crippen molar-refractivity contribution >= 4 is 29.1 Å². The number of nitrogens with one attached hydrogen (secondary N) is 1. The summed E-state index contributed by atoms with van der Waals surface area (Å²) >= 11 is 8.24. The third kappa shape index (κ3) is 4.31. The molecular formula is C16H25ClN2S. The molecule has 1 fully saturated rings. The van der Waals surface area contributed by atoms with Gasteiger partial charge >= 0.3 is 0 Å². The second-order valence-corrected chi connectivity index (χ2v) is 8.14. The Kier molecular flexibility index (Phi) is 5.65. The van der Waals surface area contributed by atoms with Crippen molar-refractivity contribution in [3.8, 4) is 0 Å². The van der Waals surface area contributed by atoms with Crippen LogP contribution in [0.1, 0.15) is 32.8 Å². The van der Waals surface area contributed by atoms with Gasteiger partial charge in [0.2, 0.25) is 0 Å². The van der Waals surface area contributed by atoms with Gasteiger partial charge < -0.3 is 10.2 Å². The minimum atomic E-state index is 0.392. The Labute approximate surface area is 132 Å². The molecule has 1 aromatic carbocycles. The molecule has 0 radical (unpaired) electrons. The molecule has 0 bridgehead atoms. The summed E-state index contributed by atoms with van der Waals surface area (Å²) < 4.78 is 0.392. The zero-order valence-electron chi connectivity index (χ0n) is 12.7. The van der Waals surface area contributed by atoms with Gasteiger partial charge in [0.15, 0.2) is 0 Å². The molecule has 112 valence electrons. The van der Waals surface area contributed by atoms with Gasteiger partial charge in [-0.2, -0.15) is 11.8 Å². The van der Waals surface area contributed by atoms with E-state index in [1.807, 2.05) is 6.07 Å². The number of nitrogens with zero attached hydrogens (tertiary/aromatic N) is 1. The van der Waals surface area contributed by atoms with Crippen LogP contribution in [0.15, 0.2) is 18.2 Å². The van der Waals surface area contributed by atoms with Gasteiger partial charge in [-0.15, -0.1) is 0 Å². The number of hydrogen-bond donors (Lipinski definition) is 1. The molecule has 2 nitrogen and oxygen atoms in total. The largest absolute Gasteiger partial charge is 0.370 e. The summed E-state index contributed by atoms with van der Waals surface area (Å²) in [4.78, 5) is 2.52. The molecule has 2 rings (SSSR count). The summed E-state index contributed by atoms with van der Waals surface area (Å²) in [5.74, 6) is 1.19. The molecule has 0 spiro atoms. The number of thioether (sulfide) groups is 1. The highest BCUT2D eigenvalue weighted by atomic mass is 35.5. The predicted molar refractivity (Wildman–Crippen MR) is 92.2 cm³/mol. The number of rotatable bonds is 4. The van der Waals surface area contributed by atoms with Crippen LogP contribution in [0, 0.1) is 0 Å². The third-order valence-corrected chi connectivity index (χ3v) is 5.39. The second kappa shape index (κ2) is 7.06. The third-order valence-electron chi connectivity index (χ3n) is 3.79. The molecule has 0 unspecified atom stereocenters. The Morgan fingerprint density at radius 3 is 2.90 bits per heavy atom. The van der Waals surface area contributed by atoms with Crippen LogP contribution >= 0.6 is 23.4 Å². The fraction of sp³-hybridized carbons (Fsp3) is 0.625. The molecule has 1 N–H and O–H groups in total. The van der Waals surface area contributed by atoms with Crippen molar-refractivity contribution < 1.29 is 0 Å². The quantitative estimate of drug-likeness (QED) is 0.898. The fourth-order valence-corrected chi connectivity index (χ4v) is 3.82. The van der Waals surface area contributed by atoms with Gasteiger partial charge in [0.25, 0.3) is 0 Å². The maximum absolute atomic E-state index is 6.16. The average Bonchev–Trinajstić information content (AvgIpc) is 2.58. The Morgan fingerprint density at radius 2 is 2.15 bits per heavy atom. The van der Waals surface area contributed by atoms with Crippen LogP contribution in [0.2, 0.25) is 5.02 Å². The summed E-state index contributed by atoms with van der Waals surface area (Å²) in [5.41, 5.74) is 2.65. The van der Waals surface area contributed by atoms with Crippen molar-refractivity contribution in [1.29, 1.82) is 0 Å². The van der Waals surface area contributed by atoms with Crippen LogP contribution in [0.4, 0.5) is 5.69 Å². The molecule has 0 amide bonds. The van der Waals surface area contributed by atoms with E-state index in [9.17, 15) is 0 Å². The lowest BCUT2D eigenvalue weighted by Crippen LogP contribution is -2.28. The lowest BCUT2D eigenvalue weighted by molar-refractivity contribution is 0.635. The lowest BCUT2D eigenvalue weighted by atomic mass is 10.1. The van der Waals surface area contributed by atoms with Crippen molar-refractivity contribution in [2.24, 2.45) is 0 Å². The first-order valence-corrected chi connectivity index (χ1v) is 8.76. The van der Waals surface area contributed by atoms with Gasteiger partial charge in [0, 0.05) is 40.8 Å². The molecule has 1 aliphatic rings. The van der Waals surface area contributed by atoms with Crippen molar-refractivity contribution in [2.75, 3.05) is 30.3 Å². The summed E-state index contributed by atoms with van der Waals surface area (Å²) in [7, 11) is 0. The lowest BCUT2D eigenvalue weighted by Gasteiger charge is -2.26. The number of halogens is 1. The van der Waals surface area contributed by atoms with E-state index in [1.165, 1.54) is 23.4 Å². The van der Waals surface area contributed by atoms with Crippen molar-refractivity contribution in [3.63, 3.8) is 0 Å². The van der Waals surface area contributed by atoms with Crippen LogP contribution in [-0.4, -0.2) is 30.1 Å². The molecule has 1 heterocycles. The summed E-state index contributed by atoms with van der Waals surface area (Å²) in [6.07, 6.45) is 1.22. The van der Waals surface area contributed by atoms with Gasteiger partial charge in [-0.05, 0) is 36.7 Å². The minimum absolute atomic E-state index is 0.392. The summed E-state index contributed by atoms with van der Waals surface area (Å²) in [6.45, 7) is 10.9. The number of benzene rings is 1. The van der Waals surface area contributed by atoms with Crippen molar-refractivity contribution in [1.82, 2.24) is 5.32 Å². The van der Waals surface area contributed by atoms with Gasteiger partial charge in [-0.25, -0.2) is 0 Å². The summed E-state index contributed by atoms with van der Waals surface area (Å²) in [5, 5.41) is 4.24. The fourth-order valence-electron chi connectivity index (χ4n) is 2.53. The first kappa shape index (κ1) is 16.0. The van der Waals surface area contributed by atoms with E-state index in [2.05, 4.69) is 54.9 Å². The zero-order valence-corrected chi connectivity index (χ0v) is 14.3. The summed E-state index contributed by atoms with van der Waals surface area (Å²) in [6, 6.07) is 6.29. The van der Waals surface area contributed by atoms with E-state index in [1.54, 1.807) is 0 Å². The van der Waals surface area contributed by atoms with Crippen molar-refractivity contribution in [3.05, 3.63) is 28.8 Å². The first-order valence-electron chi connectivity index (χ1n) is 7.40. The molecule has 0 atom stereocenters. The number of hydrogen-bond acceptors (Lipinski definition) is 3. The van der Waals surface area contributed by atoms with Crippen LogP contribution in [0.3, 0.4) is 0 Å². The van der Waals surface area contributed by atoms with E-state index in [-0.39, 0.29) is 0 Å². The van der Waals surface area contributed by atoms with E-state index >= 15 is 0 Å². The second-order valence-electron chi connectivity index (χ2n) is 5.90. The van der Waals surface area contributed by atoms with Crippen LogP contribution in [-0.2, 0) is 6.54 Å². The van der Waals surface area contributed by atoms with Gasteiger partial charge in [-0.3, -0.25) is 0 Å². The van der Waals surface area contributed by atoms with E-state index < -0.39 is 0 Å². The molecule has 0 saturated carbocycles. The standard InChI is InChI=1S/C16H25ClN2S/c1-4-18-12-13-11-14(17)5-6-15(13)19-8-7-16(2,3)20-10-9-19/h5-6,11,18H,4,7-10,12H2,1-3H3.